The Morgan fingerprint density at radius 3 is 2.37 bits per heavy atom. The fourth-order valence-electron chi connectivity index (χ4n) is 1.55. The first kappa shape index (κ1) is 17.4. The Morgan fingerprint density at radius 1 is 1.16 bits per heavy atom. The monoisotopic (exact) mass is 262 g/mol. The van der Waals surface area contributed by atoms with Crippen LogP contribution in [0, 0.1) is 0 Å². The third-order valence-electron chi connectivity index (χ3n) is 2.83. The zero-order chi connectivity index (χ0) is 14.7. The fourth-order valence-corrected chi connectivity index (χ4v) is 1.55. The van der Waals surface area contributed by atoms with Gasteiger partial charge in [-0.3, -0.25) is 0 Å². The average molecular weight is 262 g/mol. The molecule has 0 saturated carbocycles. The Morgan fingerprint density at radius 2 is 1.79 bits per heavy atom. The molecule has 2 nitrogen and oxygen atoms in total. The number of allylic oxidation sites excluding steroid dienone is 5. The molecule has 106 valence electrons. The minimum atomic E-state index is -0.216. The summed E-state index contributed by atoms with van der Waals surface area (Å²) in [5.41, 5.74) is 3.10. The first-order valence-electron chi connectivity index (χ1n) is 6.81. The smallest absolute Gasteiger partial charge is 0.333 e. The Balaban J connectivity index is 4.01. The highest BCUT2D eigenvalue weighted by Crippen LogP contribution is 2.11. The summed E-state index contributed by atoms with van der Waals surface area (Å²) in [6, 6.07) is 0. The third kappa shape index (κ3) is 9.06. The van der Waals surface area contributed by atoms with E-state index in [0.717, 1.165) is 31.3 Å². The van der Waals surface area contributed by atoms with Crippen LogP contribution >= 0.6 is 0 Å². The van der Waals surface area contributed by atoms with Crippen molar-refractivity contribution in [3.05, 3.63) is 48.1 Å². The van der Waals surface area contributed by atoms with Gasteiger partial charge in [0.2, 0.25) is 0 Å². The van der Waals surface area contributed by atoms with Crippen LogP contribution in [0.4, 0.5) is 0 Å². The van der Waals surface area contributed by atoms with E-state index in [0.29, 0.717) is 12.2 Å². The summed E-state index contributed by atoms with van der Waals surface area (Å²) in [5, 5.41) is 0. The molecule has 0 atom stereocenters. The van der Waals surface area contributed by atoms with E-state index in [1.165, 1.54) is 5.57 Å². The summed E-state index contributed by atoms with van der Waals surface area (Å²) in [6.45, 7) is 13.7. The SMILES string of the molecule is C=CC(=C)CC/C=C(\C)CC/C=C(\C)C(=O)OCC. The molecule has 0 saturated heterocycles. The lowest BCUT2D eigenvalue weighted by atomic mass is 10.1. The van der Waals surface area contributed by atoms with Crippen molar-refractivity contribution in [2.45, 2.75) is 46.5 Å². The summed E-state index contributed by atoms with van der Waals surface area (Å²) >= 11 is 0. The van der Waals surface area contributed by atoms with Crippen molar-refractivity contribution >= 4 is 5.97 Å². The van der Waals surface area contributed by atoms with Gasteiger partial charge < -0.3 is 4.74 Å². The van der Waals surface area contributed by atoms with Crippen molar-refractivity contribution < 1.29 is 9.53 Å². The Kier molecular flexibility index (Phi) is 9.51. The van der Waals surface area contributed by atoms with Gasteiger partial charge in [-0.15, -0.1) is 0 Å². The molecule has 0 fully saturated rings. The van der Waals surface area contributed by atoms with Gasteiger partial charge in [0.1, 0.15) is 0 Å². The van der Waals surface area contributed by atoms with E-state index in [9.17, 15) is 4.79 Å². The zero-order valence-corrected chi connectivity index (χ0v) is 12.5. The molecule has 2 heteroatoms. The molecule has 0 N–H and O–H groups in total. The van der Waals surface area contributed by atoms with E-state index in [1.807, 2.05) is 13.0 Å². The molecule has 0 aromatic carbocycles. The number of hydrogen-bond acceptors (Lipinski definition) is 2. The normalized spacial score (nSPS) is 12.2. The number of carbonyl (C=O) groups is 1. The molecule has 0 bridgehead atoms. The van der Waals surface area contributed by atoms with Gasteiger partial charge in [0.15, 0.2) is 0 Å². The highest BCUT2D eigenvalue weighted by atomic mass is 16.5. The maximum Gasteiger partial charge on any atom is 0.333 e. The second-order valence-electron chi connectivity index (χ2n) is 4.60. The zero-order valence-electron chi connectivity index (χ0n) is 12.5. The molecule has 0 aliphatic rings. The van der Waals surface area contributed by atoms with E-state index in [-0.39, 0.29) is 5.97 Å². The van der Waals surface area contributed by atoms with Gasteiger partial charge in [-0.1, -0.05) is 42.5 Å². The van der Waals surface area contributed by atoms with Gasteiger partial charge in [0, 0.05) is 5.57 Å². The van der Waals surface area contributed by atoms with Crippen LogP contribution in [0.5, 0.6) is 0 Å². The summed E-state index contributed by atoms with van der Waals surface area (Å²) in [4.78, 5) is 11.4. The predicted octanol–water partition coefficient (Wildman–Crippen LogP) is 4.74. The topological polar surface area (TPSA) is 26.3 Å². The fraction of sp³-hybridized carbons (Fsp3) is 0.471. The van der Waals surface area contributed by atoms with Gasteiger partial charge in [-0.05, 0) is 46.5 Å². The van der Waals surface area contributed by atoms with Gasteiger partial charge in [-0.25, -0.2) is 4.79 Å². The molecule has 0 aromatic heterocycles. The summed E-state index contributed by atoms with van der Waals surface area (Å²) in [6.07, 6.45) is 9.76. The molecule has 0 aliphatic heterocycles. The molecule has 0 spiro atoms. The van der Waals surface area contributed by atoms with E-state index in [2.05, 4.69) is 26.2 Å². The molecular formula is C17H26O2. The van der Waals surface area contributed by atoms with Crippen LogP contribution in [-0.4, -0.2) is 12.6 Å². The van der Waals surface area contributed by atoms with Gasteiger partial charge in [-0.2, -0.15) is 0 Å². The first-order valence-corrected chi connectivity index (χ1v) is 6.81. The number of ether oxygens (including phenoxy) is 1. The van der Waals surface area contributed by atoms with Gasteiger partial charge in [0.25, 0.3) is 0 Å². The molecule has 0 heterocycles. The summed E-state index contributed by atoms with van der Waals surface area (Å²) in [7, 11) is 0. The van der Waals surface area contributed by atoms with Gasteiger partial charge in [0.05, 0.1) is 6.61 Å². The largest absolute Gasteiger partial charge is 0.463 e. The van der Waals surface area contributed by atoms with Crippen LogP contribution in [0.2, 0.25) is 0 Å². The Bertz CT molecular complexity index is 373. The van der Waals surface area contributed by atoms with Crippen molar-refractivity contribution in [2.75, 3.05) is 6.61 Å². The number of rotatable bonds is 9. The minimum Gasteiger partial charge on any atom is -0.463 e. The molecule has 0 radical (unpaired) electrons. The molecule has 19 heavy (non-hydrogen) atoms. The second kappa shape index (κ2) is 10.4. The van der Waals surface area contributed by atoms with Crippen LogP contribution in [0.25, 0.3) is 0 Å². The lowest BCUT2D eigenvalue weighted by Crippen LogP contribution is -2.04. The summed E-state index contributed by atoms with van der Waals surface area (Å²) < 4.78 is 4.92. The molecule has 0 amide bonds. The van der Waals surface area contributed by atoms with Crippen molar-refractivity contribution in [3.8, 4) is 0 Å². The highest BCUT2D eigenvalue weighted by Gasteiger charge is 2.02. The number of carbonyl (C=O) groups excluding carboxylic acids is 1. The quantitative estimate of drug-likeness (QED) is 0.259. The lowest BCUT2D eigenvalue weighted by molar-refractivity contribution is -0.138. The van der Waals surface area contributed by atoms with Gasteiger partial charge >= 0.3 is 5.97 Å². The third-order valence-corrected chi connectivity index (χ3v) is 2.83. The van der Waals surface area contributed by atoms with Crippen LogP contribution < -0.4 is 0 Å². The number of esters is 1. The molecule has 0 aromatic rings. The van der Waals surface area contributed by atoms with Crippen LogP contribution in [0.15, 0.2) is 48.1 Å². The van der Waals surface area contributed by atoms with E-state index >= 15 is 0 Å². The van der Waals surface area contributed by atoms with Crippen LogP contribution in [0.1, 0.15) is 46.5 Å². The summed E-state index contributed by atoms with van der Waals surface area (Å²) in [5.74, 6) is -0.216. The molecule has 0 aliphatic carbocycles. The van der Waals surface area contributed by atoms with E-state index in [4.69, 9.17) is 4.74 Å². The predicted molar refractivity (Wildman–Crippen MR) is 82.0 cm³/mol. The lowest BCUT2D eigenvalue weighted by Gasteiger charge is -2.02. The first-order chi connectivity index (χ1) is 9.01. The van der Waals surface area contributed by atoms with E-state index < -0.39 is 0 Å². The maximum atomic E-state index is 11.4. The minimum absolute atomic E-state index is 0.216. The highest BCUT2D eigenvalue weighted by molar-refractivity contribution is 5.87. The van der Waals surface area contributed by atoms with Crippen molar-refractivity contribution in [3.63, 3.8) is 0 Å². The molecular weight excluding hydrogens is 236 g/mol. The van der Waals surface area contributed by atoms with Crippen molar-refractivity contribution in [2.24, 2.45) is 0 Å². The standard InChI is InChI=1S/C17H26O2/c1-6-14(3)10-8-11-15(4)12-9-13-16(5)17(18)19-7-2/h6,11,13H,1,3,7-10,12H2,2,4-5H3/b15-11+,16-13+. The Labute approximate surface area is 117 Å². The van der Waals surface area contributed by atoms with E-state index in [1.54, 1.807) is 13.0 Å². The van der Waals surface area contributed by atoms with Crippen LogP contribution in [0.3, 0.4) is 0 Å². The number of hydrogen-bond donors (Lipinski definition) is 0. The molecule has 0 rings (SSSR count). The maximum absolute atomic E-state index is 11.4. The average Bonchev–Trinajstić information content (AvgIpc) is 2.38. The Hall–Kier alpha value is -1.57. The van der Waals surface area contributed by atoms with Crippen molar-refractivity contribution in [1.29, 1.82) is 0 Å². The second-order valence-corrected chi connectivity index (χ2v) is 4.60. The van der Waals surface area contributed by atoms with Crippen LogP contribution in [-0.2, 0) is 9.53 Å². The van der Waals surface area contributed by atoms with Crippen molar-refractivity contribution in [1.82, 2.24) is 0 Å². The molecule has 0 unspecified atom stereocenters.